The van der Waals surface area contributed by atoms with Crippen LogP contribution in [0.4, 0.5) is 0 Å². The highest BCUT2D eigenvalue weighted by atomic mass is 16.7. The van der Waals surface area contributed by atoms with Crippen molar-refractivity contribution in [2.24, 2.45) is 5.73 Å². The van der Waals surface area contributed by atoms with Gasteiger partial charge in [-0.05, 0) is 33.8 Å². The molecule has 2 aliphatic carbocycles. The maximum atomic E-state index is 13.9. The fourth-order valence-corrected chi connectivity index (χ4v) is 8.45. The molecule has 55 heavy (non-hydrogen) atoms. The number of rotatable bonds is 8. The van der Waals surface area contributed by atoms with Gasteiger partial charge in [0.25, 0.3) is 0 Å². The lowest BCUT2D eigenvalue weighted by atomic mass is 9.72. The van der Waals surface area contributed by atoms with E-state index in [9.17, 15) is 39.6 Å². The number of ketones is 4. The van der Waals surface area contributed by atoms with Crippen LogP contribution >= 0.6 is 0 Å². The summed E-state index contributed by atoms with van der Waals surface area (Å²) in [5.74, 6) is -3.34. The number of aliphatic hydroxyl groups excluding tert-OH is 1. The Morgan fingerprint density at radius 1 is 0.873 bits per heavy atom. The molecule has 6 N–H and O–H groups in total. The first-order chi connectivity index (χ1) is 26.0. The van der Waals surface area contributed by atoms with Gasteiger partial charge in [0.2, 0.25) is 5.78 Å². The van der Waals surface area contributed by atoms with Crippen LogP contribution in [0.5, 0.6) is 17.2 Å². The van der Waals surface area contributed by atoms with E-state index in [-0.39, 0.29) is 53.0 Å². The number of phenols is 2. The maximum absolute atomic E-state index is 13.9. The Kier molecular flexibility index (Phi) is 10.7. The average molecular weight is 770 g/mol. The van der Waals surface area contributed by atoms with E-state index in [1.165, 1.54) is 32.2 Å². The second-order valence-corrected chi connectivity index (χ2v) is 15.1. The van der Waals surface area contributed by atoms with Crippen LogP contribution in [-0.4, -0.2) is 118 Å². The number of benzene rings is 2. The fourth-order valence-electron chi connectivity index (χ4n) is 8.45. The molecule has 0 radical (unpaired) electrons. The number of hydrogen-bond donors (Lipinski definition) is 5. The molecular formula is C39H47NO15. The molecule has 16 nitrogen and oxygen atoms in total. The monoisotopic (exact) mass is 769 g/mol. The number of hydrogen-bond acceptors (Lipinski definition) is 16. The Bertz CT molecular complexity index is 1870. The smallest absolute Gasteiger partial charge is 0.202 e. The minimum Gasteiger partial charge on any atom is -0.507 e. The third-order valence-corrected chi connectivity index (χ3v) is 11.5. The summed E-state index contributed by atoms with van der Waals surface area (Å²) in [5.41, 5.74) is 3.35. The topological polar surface area (TPSA) is 240 Å². The number of nitrogens with two attached hydrogens (primary N) is 1. The van der Waals surface area contributed by atoms with E-state index in [1.807, 2.05) is 0 Å². The summed E-state index contributed by atoms with van der Waals surface area (Å²) in [5, 5.41) is 45.9. The highest BCUT2D eigenvalue weighted by Gasteiger charge is 2.50. The standard InChI is InChI=1S/C39H47NO15/c1-15-22(42)9-10-26(50-15)54-38-17(3)52-28(12-23(38)43)55-37-16(2)51-27(11-21(37)40)53-25-14-39(48,18(4)41)13-20-30(25)36(47)32-31(34(20)45)33(44)19-7-6-8-24(49-5)29(19)35(32)46/h6-8,15-17,21,23,25-28,37-38,43,45,47-48H,9-14,40H2,1-5H3. The van der Waals surface area contributed by atoms with Crippen LogP contribution in [0, 0.1) is 0 Å². The summed E-state index contributed by atoms with van der Waals surface area (Å²) in [7, 11) is 1.34. The van der Waals surface area contributed by atoms with E-state index < -0.39 is 120 Å². The van der Waals surface area contributed by atoms with Crippen molar-refractivity contribution >= 4 is 23.1 Å². The number of aliphatic hydroxyl groups is 2. The van der Waals surface area contributed by atoms with Gasteiger partial charge in [0.15, 0.2) is 36.2 Å². The van der Waals surface area contributed by atoms with Crippen molar-refractivity contribution in [3.63, 3.8) is 0 Å². The van der Waals surface area contributed by atoms with Crippen molar-refractivity contribution in [2.45, 2.75) is 139 Å². The summed E-state index contributed by atoms with van der Waals surface area (Å²) in [4.78, 5) is 52.3. The van der Waals surface area contributed by atoms with Gasteiger partial charge in [0, 0.05) is 61.3 Å². The molecule has 298 valence electrons. The number of ether oxygens (including phenoxy) is 7. The first kappa shape index (κ1) is 39.4. The molecule has 7 rings (SSSR count). The normalized spacial score (nSPS) is 36.1. The largest absolute Gasteiger partial charge is 0.507 e. The van der Waals surface area contributed by atoms with Gasteiger partial charge >= 0.3 is 0 Å². The fraction of sp³-hybridized carbons (Fsp3) is 0.590. The van der Waals surface area contributed by atoms with Gasteiger partial charge in [-0.1, -0.05) is 12.1 Å². The molecule has 5 aliphatic rings. The van der Waals surface area contributed by atoms with Crippen molar-refractivity contribution in [1.29, 1.82) is 0 Å². The second-order valence-electron chi connectivity index (χ2n) is 15.1. The summed E-state index contributed by atoms with van der Waals surface area (Å²) in [6.07, 6.45) is -8.30. The molecule has 0 bridgehead atoms. The van der Waals surface area contributed by atoms with Crippen LogP contribution in [0.2, 0.25) is 0 Å². The van der Waals surface area contributed by atoms with E-state index in [0.717, 1.165) is 0 Å². The number of carbonyl (C=O) groups is 4. The number of fused-ring (bicyclic) bond motifs is 3. The zero-order valence-corrected chi connectivity index (χ0v) is 31.2. The van der Waals surface area contributed by atoms with E-state index in [0.29, 0.717) is 12.8 Å². The third-order valence-electron chi connectivity index (χ3n) is 11.5. The summed E-state index contributed by atoms with van der Waals surface area (Å²) < 4.78 is 41.8. The number of methoxy groups -OCH3 is 1. The van der Waals surface area contributed by atoms with Crippen molar-refractivity contribution in [3.8, 4) is 17.2 Å². The summed E-state index contributed by atoms with van der Waals surface area (Å²) in [6.45, 7) is 6.28. The Morgan fingerprint density at radius 2 is 1.53 bits per heavy atom. The van der Waals surface area contributed by atoms with Crippen molar-refractivity contribution in [2.75, 3.05) is 7.11 Å². The second kappa shape index (κ2) is 14.9. The molecule has 3 aliphatic heterocycles. The highest BCUT2D eigenvalue weighted by molar-refractivity contribution is 6.31. The van der Waals surface area contributed by atoms with Crippen LogP contribution < -0.4 is 10.5 Å². The maximum Gasteiger partial charge on any atom is 0.202 e. The molecule has 3 heterocycles. The zero-order valence-electron chi connectivity index (χ0n) is 31.2. The molecule has 12 atom stereocenters. The van der Waals surface area contributed by atoms with E-state index in [1.54, 1.807) is 20.8 Å². The minimum atomic E-state index is -2.07. The predicted molar refractivity (Wildman–Crippen MR) is 188 cm³/mol. The summed E-state index contributed by atoms with van der Waals surface area (Å²) in [6, 6.07) is 3.71. The van der Waals surface area contributed by atoms with Gasteiger partial charge in [-0.25, -0.2) is 0 Å². The first-order valence-corrected chi connectivity index (χ1v) is 18.5. The highest BCUT2D eigenvalue weighted by Crippen LogP contribution is 2.52. The number of Topliss-reactive ketones (excluding diaryl/α,β-unsaturated/α-hetero) is 2. The van der Waals surface area contributed by atoms with Gasteiger partial charge < -0.3 is 59.3 Å². The quantitative estimate of drug-likeness (QED) is 0.206. The Morgan fingerprint density at radius 3 is 2.16 bits per heavy atom. The molecule has 2 aromatic rings. The van der Waals surface area contributed by atoms with Gasteiger partial charge in [-0.2, -0.15) is 0 Å². The van der Waals surface area contributed by atoms with E-state index in [4.69, 9.17) is 38.9 Å². The van der Waals surface area contributed by atoms with Crippen molar-refractivity contribution in [1.82, 2.24) is 0 Å². The van der Waals surface area contributed by atoms with Crippen LogP contribution in [0.3, 0.4) is 0 Å². The Labute approximate surface area is 316 Å². The van der Waals surface area contributed by atoms with E-state index >= 15 is 0 Å². The van der Waals surface area contributed by atoms with Gasteiger partial charge in [0.1, 0.15) is 41.2 Å². The third kappa shape index (κ3) is 6.97. The van der Waals surface area contributed by atoms with Crippen LogP contribution in [0.1, 0.15) is 109 Å². The molecule has 16 heteroatoms. The SMILES string of the molecule is COc1cccc2c1C(=O)c1c(O)c3c(c(O)c1C2=O)CC(O)(C(C)=O)CC3OC1CC(N)C(OC2CC(O)C(OC3CCC(=O)C(C)O3)C(C)O2)C(C)O1. The van der Waals surface area contributed by atoms with Crippen molar-refractivity contribution < 1.29 is 72.8 Å². The lowest BCUT2D eigenvalue weighted by molar-refractivity contribution is -0.319. The molecule has 0 aromatic heterocycles. The lowest BCUT2D eigenvalue weighted by Crippen LogP contribution is -2.57. The molecule has 2 aromatic carbocycles. The molecule has 12 unspecified atom stereocenters. The number of phenolic OH excluding ortho intramolecular Hbond substituents is 2. The molecule has 3 fully saturated rings. The van der Waals surface area contributed by atoms with Crippen LogP contribution in [-0.2, 0) is 44.4 Å². The van der Waals surface area contributed by atoms with Gasteiger partial charge in [-0.3, -0.25) is 19.2 Å². The molecular weight excluding hydrogens is 722 g/mol. The summed E-state index contributed by atoms with van der Waals surface area (Å²) >= 11 is 0. The Hall–Kier alpha value is -3.84. The minimum absolute atomic E-state index is 0.00578. The number of carbonyl (C=O) groups excluding carboxylic acids is 4. The van der Waals surface area contributed by atoms with Crippen LogP contribution in [0.25, 0.3) is 0 Å². The molecule has 0 saturated carbocycles. The molecule has 3 saturated heterocycles. The zero-order chi connectivity index (χ0) is 39.7. The lowest BCUT2D eigenvalue weighted by Gasteiger charge is -2.45. The number of aromatic hydroxyl groups is 2. The predicted octanol–water partition coefficient (Wildman–Crippen LogP) is 2.03. The Balaban J connectivity index is 1.09. The van der Waals surface area contributed by atoms with Gasteiger partial charge in [0.05, 0.1) is 48.2 Å². The average Bonchev–Trinajstić information content (AvgIpc) is 3.12. The van der Waals surface area contributed by atoms with Crippen molar-refractivity contribution in [3.05, 3.63) is 51.6 Å². The van der Waals surface area contributed by atoms with Crippen LogP contribution in [0.15, 0.2) is 18.2 Å². The molecule has 0 spiro atoms. The van der Waals surface area contributed by atoms with Gasteiger partial charge in [-0.15, -0.1) is 0 Å². The van der Waals surface area contributed by atoms with E-state index in [2.05, 4.69) is 0 Å². The molecule has 0 amide bonds. The first-order valence-electron chi connectivity index (χ1n) is 18.5.